The number of nitrogens with zero attached hydrogens (tertiary/aromatic N) is 2. The number of ether oxygens (including phenoxy) is 1. The number of rotatable bonds is 8. The molecule has 2 atom stereocenters. The van der Waals surface area contributed by atoms with Crippen LogP contribution in [-0.2, 0) is 27.3 Å². The predicted molar refractivity (Wildman–Crippen MR) is 130 cm³/mol. The Morgan fingerprint density at radius 3 is 2.60 bits per heavy atom. The third-order valence-electron chi connectivity index (χ3n) is 7.49. The van der Waals surface area contributed by atoms with E-state index in [0.717, 1.165) is 48.5 Å². The van der Waals surface area contributed by atoms with E-state index in [1.165, 1.54) is 5.56 Å². The lowest BCUT2D eigenvalue weighted by Gasteiger charge is -2.36. The number of amides is 3. The van der Waals surface area contributed by atoms with Crippen LogP contribution in [-0.4, -0.2) is 51.8 Å². The molecule has 1 aromatic heterocycles. The summed E-state index contributed by atoms with van der Waals surface area (Å²) in [5.74, 6) is -1.46. The zero-order chi connectivity index (χ0) is 25.2. The first kappa shape index (κ1) is 24.7. The number of carbonyl (C=O) groups is 4. The Morgan fingerprint density at radius 2 is 1.89 bits per heavy atom. The molecule has 0 radical (unpaired) electrons. The zero-order valence-corrected chi connectivity index (χ0v) is 20.6. The number of urea groups is 1. The first-order valence-electron chi connectivity index (χ1n) is 12.3. The largest absolute Gasteiger partial charge is 0.456 e. The van der Waals surface area contributed by atoms with Crippen LogP contribution in [0.1, 0.15) is 59.9 Å². The maximum absolute atomic E-state index is 13.0. The van der Waals surface area contributed by atoms with E-state index in [4.69, 9.17) is 4.74 Å². The van der Waals surface area contributed by atoms with Crippen LogP contribution in [0.15, 0.2) is 36.4 Å². The second kappa shape index (κ2) is 10.1. The van der Waals surface area contributed by atoms with Crippen molar-refractivity contribution in [3.8, 4) is 0 Å². The summed E-state index contributed by atoms with van der Waals surface area (Å²) in [4.78, 5) is 51.6. The highest BCUT2D eigenvalue weighted by molar-refractivity contribution is 6.09. The molecule has 1 N–H and O–H groups in total. The maximum Gasteiger partial charge on any atom is 0.326 e. The Kier molecular flexibility index (Phi) is 7.10. The van der Waals surface area contributed by atoms with Gasteiger partial charge in [0.25, 0.3) is 5.91 Å². The molecule has 1 spiro atoms. The first-order chi connectivity index (χ1) is 16.7. The number of ketones is 1. The number of aryl methyl sites for hydroxylation is 2. The number of carbonyl (C=O) groups excluding carboxylic acids is 4. The van der Waals surface area contributed by atoms with E-state index in [9.17, 15) is 19.2 Å². The molecular formula is C27H33N3O5. The van der Waals surface area contributed by atoms with Crippen molar-refractivity contribution >= 4 is 23.7 Å². The topological polar surface area (TPSA) is 97.7 Å². The number of aromatic nitrogens is 1. The lowest BCUT2D eigenvalue weighted by molar-refractivity contribution is -0.147. The van der Waals surface area contributed by atoms with Gasteiger partial charge >= 0.3 is 12.0 Å². The number of Topliss-reactive ketones (excluding diaryl/α,β-unsaturated/α-hetero) is 1. The molecule has 8 heteroatoms. The number of nitrogens with one attached hydrogen (secondary N) is 1. The smallest absolute Gasteiger partial charge is 0.326 e. The molecule has 8 nitrogen and oxygen atoms in total. The summed E-state index contributed by atoms with van der Waals surface area (Å²) in [5, 5.41) is 2.82. The van der Waals surface area contributed by atoms with Gasteiger partial charge in [-0.05, 0) is 50.7 Å². The summed E-state index contributed by atoms with van der Waals surface area (Å²) in [5.41, 5.74) is 2.57. The minimum absolute atomic E-state index is 0.00689. The van der Waals surface area contributed by atoms with Crippen LogP contribution < -0.4 is 5.32 Å². The van der Waals surface area contributed by atoms with E-state index < -0.39 is 30.7 Å². The number of hydrogen-bond donors (Lipinski definition) is 1. The van der Waals surface area contributed by atoms with Crippen LogP contribution >= 0.6 is 0 Å². The van der Waals surface area contributed by atoms with E-state index in [-0.39, 0.29) is 17.6 Å². The van der Waals surface area contributed by atoms with Crippen molar-refractivity contribution in [2.75, 3.05) is 13.2 Å². The molecule has 1 saturated heterocycles. The Bertz CT molecular complexity index is 1140. The van der Waals surface area contributed by atoms with Crippen molar-refractivity contribution < 1.29 is 23.9 Å². The van der Waals surface area contributed by atoms with Crippen molar-refractivity contribution in [1.82, 2.24) is 14.8 Å². The highest BCUT2D eigenvalue weighted by atomic mass is 16.5. The van der Waals surface area contributed by atoms with E-state index in [1.54, 1.807) is 0 Å². The fraction of sp³-hybridized carbons (Fsp3) is 0.481. The summed E-state index contributed by atoms with van der Waals surface area (Å²) in [6.45, 7) is 5.58. The molecule has 2 heterocycles. The van der Waals surface area contributed by atoms with Gasteiger partial charge in [0.1, 0.15) is 12.1 Å². The molecule has 2 aromatic rings. The summed E-state index contributed by atoms with van der Waals surface area (Å²) >= 11 is 0. The predicted octanol–water partition coefficient (Wildman–Crippen LogP) is 3.57. The zero-order valence-electron chi connectivity index (χ0n) is 20.6. The monoisotopic (exact) mass is 479 g/mol. The summed E-state index contributed by atoms with van der Waals surface area (Å²) in [6.07, 6.45) is 4.13. The van der Waals surface area contributed by atoms with Gasteiger partial charge in [0.2, 0.25) is 5.78 Å². The lowest BCUT2D eigenvalue weighted by atomic mass is 9.73. The molecule has 1 saturated carbocycles. The van der Waals surface area contributed by atoms with E-state index in [1.807, 2.05) is 45.0 Å². The molecule has 35 heavy (non-hydrogen) atoms. The van der Waals surface area contributed by atoms with Gasteiger partial charge in [0.05, 0.1) is 0 Å². The van der Waals surface area contributed by atoms with Crippen LogP contribution in [0.2, 0.25) is 0 Å². The van der Waals surface area contributed by atoms with Gasteiger partial charge in [-0.15, -0.1) is 0 Å². The van der Waals surface area contributed by atoms with Gasteiger partial charge in [0, 0.05) is 23.5 Å². The van der Waals surface area contributed by atoms with Crippen molar-refractivity contribution in [3.63, 3.8) is 0 Å². The molecule has 1 aliphatic carbocycles. The Hall–Kier alpha value is -3.42. The number of benzene rings is 1. The molecule has 0 bridgehead atoms. The number of esters is 1. The molecule has 1 aromatic carbocycles. The van der Waals surface area contributed by atoms with Crippen LogP contribution in [0, 0.1) is 19.8 Å². The normalized spacial score (nSPS) is 21.9. The third-order valence-corrected chi connectivity index (χ3v) is 7.49. The highest BCUT2D eigenvalue weighted by Crippen LogP contribution is 2.38. The minimum atomic E-state index is -0.928. The van der Waals surface area contributed by atoms with E-state index in [0.29, 0.717) is 12.0 Å². The quantitative estimate of drug-likeness (QED) is 0.355. The molecule has 2 aliphatic rings. The molecule has 186 valence electrons. The lowest BCUT2D eigenvalue weighted by Crippen LogP contribution is -2.54. The number of imide groups is 1. The van der Waals surface area contributed by atoms with Crippen molar-refractivity contribution in [2.24, 2.45) is 5.92 Å². The second-order valence-corrected chi connectivity index (χ2v) is 9.70. The SMILES string of the molecule is Cc1cc(C(=O)COC(=O)CN2C(=O)N[C@]3(CCCC[C@@H]3C)C2=O)c(C)n1CCc1ccccc1. The summed E-state index contributed by atoms with van der Waals surface area (Å²) in [7, 11) is 0. The van der Waals surface area contributed by atoms with E-state index in [2.05, 4.69) is 22.0 Å². The fourth-order valence-corrected chi connectivity index (χ4v) is 5.35. The standard InChI is InChI=1S/C27H33N3O5/c1-18-9-7-8-13-27(18)25(33)30(26(34)28-27)16-24(32)35-17-23(31)22-15-19(2)29(20(22)3)14-12-21-10-5-4-6-11-21/h4-6,10-11,15,18H,7-9,12-14,16-17H2,1-3H3,(H,28,34)/t18-,27-/m0/s1. The van der Waals surface area contributed by atoms with E-state index >= 15 is 0 Å². The van der Waals surface area contributed by atoms with Crippen molar-refractivity contribution in [2.45, 2.75) is 65.0 Å². The van der Waals surface area contributed by atoms with Crippen LogP contribution in [0.25, 0.3) is 0 Å². The third kappa shape index (κ3) is 4.88. The maximum atomic E-state index is 13.0. The second-order valence-electron chi connectivity index (χ2n) is 9.70. The van der Waals surface area contributed by atoms with Crippen molar-refractivity contribution in [3.05, 3.63) is 58.9 Å². The van der Waals surface area contributed by atoms with Crippen LogP contribution in [0.4, 0.5) is 4.79 Å². The van der Waals surface area contributed by atoms with Gasteiger partial charge in [-0.25, -0.2) is 4.79 Å². The van der Waals surface area contributed by atoms with Gasteiger partial charge in [0.15, 0.2) is 6.61 Å². The van der Waals surface area contributed by atoms with Gasteiger partial charge < -0.3 is 14.6 Å². The molecule has 2 fully saturated rings. The summed E-state index contributed by atoms with van der Waals surface area (Å²) in [6, 6.07) is 11.4. The van der Waals surface area contributed by atoms with Crippen LogP contribution in [0.3, 0.4) is 0 Å². The summed E-state index contributed by atoms with van der Waals surface area (Å²) < 4.78 is 7.26. The average Bonchev–Trinajstić information content (AvgIpc) is 3.26. The molecule has 0 unspecified atom stereocenters. The average molecular weight is 480 g/mol. The molecule has 1 aliphatic heterocycles. The van der Waals surface area contributed by atoms with Crippen LogP contribution in [0.5, 0.6) is 0 Å². The fourth-order valence-electron chi connectivity index (χ4n) is 5.35. The van der Waals surface area contributed by atoms with Gasteiger partial charge in [-0.3, -0.25) is 19.3 Å². The Balaban J connectivity index is 1.33. The first-order valence-corrected chi connectivity index (χ1v) is 12.3. The Morgan fingerprint density at radius 1 is 1.14 bits per heavy atom. The Labute approximate surface area is 205 Å². The molecule has 4 rings (SSSR count). The number of hydrogen-bond acceptors (Lipinski definition) is 5. The van der Waals surface area contributed by atoms with Gasteiger partial charge in [-0.2, -0.15) is 0 Å². The van der Waals surface area contributed by atoms with Crippen molar-refractivity contribution in [1.29, 1.82) is 0 Å². The van der Waals surface area contributed by atoms with Gasteiger partial charge in [-0.1, -0.05) is 50.1 Å². The molecule has 3 amide bonds. The minimum Gasteiger partial charge on any atom is -0.456 e. The highest BCUT2D eigenvalue weighted by Gasteiger charge is 2.55. The molecular weight excluding hydrogens is 446 g/mol.